The van der Waals surface area contributed by atoms with Crippen LogP contribution in [0.1, 0.15) is 17.3 Å². The molecule has 0 spiro atoms. The smallest absolute Gasteiger partial charge is 0.262 e. The van der Waals surface area contributed by atoms with Crippen molar-refractivity contribution in [2.24, 2.45) is 0 Å². The Hall–Kier alpha value is -2.21. The fourth-order valence-electron chi connectivity index (χ4n) is 1.75. The van der Waals surface area contributed by atoms with Crippen LogP contribution in [0.3, 0.4) is 0 Å². The molecular weight excluding hydrogens is 353 g/mol. The number of amides is 1. The van der Waals surface area contributed by atoms with E-state index in [-0.39, 0.29) is 18.3 Å². The van der Waals surface area contributed by atoms with E-state index in [1.54, 1.807) is 24.3 Å². The first-order chi connectivity index (χ1) is 10.5. The van der Waals surface area contributed by atoms with Gasteiger partial charge < -0.3 is 10.1 Å². The van der Waals surface area contributed by atoms with E-state index in [2.05, 4.69) is 21.2 Å². The topological polar surface area (TPSA) is 55.4 Å². The van der Waals surface area contributed by atoms with Crippen molar-refractivity contribution in [1.29, 1.82) is 0 Å². The van der Waals surface area contributed by atoms with E-state index in [1.807, 2.05) is 0 Å². The highest BCUT2D eigenvalue weighted by atomic mass is 79.9. The maximum Gasteiger partial charge on any atom is 0.262 e. The molecule has 0 heterocycles. The van der Waals surface area contributed by atoms with Gasteiger partial charge in [0.1, 0.15) is 11.6 Å². The SMILES string of the molecule is CC(=O)c1cccc(NC(=O)COc2ccc(F)cc2Br)c1. The van der Waals surface area contributed by atoms with Gasteiger partial charge in [-0.15, -0.1) is 0 Å². The first-order valence-corrected chi connectivity index (χ1v) is 7.23. The van der Waals surface area contributed by atoms with Gasteiger partial charge in [-0.2, -0.15) is 0 Å². The van der Waals surface area contributed by atoms with Crippen molar-refractivity contribution >= 4 is 33.3 Å². The van der Waals surface area contributed by atoms with Crippen LogP contribution < -0.4 is 10.1 Å². The molecule has 0 unspecified atom stereocenters. The van der Waals surface area contributed by atoms with Crippen LogP contribution in [0.25, 0.3) is 0 Å². The zero-order valence-corrected chi connectivity index (χ0v) is 13.3. The number of ether oxygens (including phenoxy) is 1. The molecule has 0 fully saturated rings. The molecule has 0 aliphatic heterocycles. The van der Waals surface area contributed by atoms with Gasteiger partial charge in [-0.3, -0.25) is 9.59 Å². The summed E-state index contributed by atoms with van der Waals surface area (Å²) in [6, 6.07) is 10.6. The first-order valence-electron chi connectivity index (χ1n) is 6.44. The van der Waals surface area contributed by atoms with Crippen molar-refractivity contribution in [3.63, 3.8) is 0 Å². The van der Waals surface area contributed by atoms with Gasteiger partial charge in [0.2, 0.25) is 0 Å². The molecule has 2 rings (SSSR count). The van der Waals surface area contributed by atoms with Crippen molar-refractivity contribution in [3.8, 4) is 5.75 Å². The summed E-state index contributed by atoms with van der Waals surface area (Å²) in [5, 5.41) is 2.63. The maximum absolute atomic E-state index is 12.9. The molecule has 0 aliphatic carbocycles. The highest BCUT2D eigenvalue weighted by Crippen LogP contribution is 2.25. The predicted octanol–water partition coefficient (Wildman–Crippen LogP) is 3.81. The first kappa shape index (κ1) is 16.2. The molecule has 0 radical (unpaired) electrons. The van der Waals surface area contributed by atoms with Crippen molar-refractivity contribution in [3.05, 3.63) is 58.3 Å². The van der Waals surface area contributed by atoms with Gasteiger partial charge in [-0.25, -0.2) is 4.39 Å². The minimum absolute atomic E-state index is 0.0809. The molecule has 0 saturated carbocycles. The van der Waals surface area contributed by atoms with Crippen LogP contribution in [0.5, 0.6) is 5.75 Å². The Balaban J connectivity index is 1.95. The van der Waals surface area contributed by atoms with Gasteiger partial charge >= 0.3 is 0 Å². The summed E-state index contributed by atoms with van der Waals surface area (Å²) in [7, 11) is 0. The summed E-state index contributed by atoms with van der Waals surface area (Å²) in [4.78, 5) is 23.1. The number of hydrogen-bond acceptors (Lipinski definition) is 3. The lowest BCUT2D eigenvalue weighted by Gasteiger charge is -2.09. The number of Topliss-reactive ketones (excluding diaryl/α,β-unsaturated/α-hetero) is 1. The number of halogens is 2. The van der Waals surface area contributed by atoms with E-state index in [0.29, 0.717) is 21.5 Å². The van der Waals surface area contributed by atoms with Crippen LogP contribution in [-0.2, 0) is 4.79 Å². The van der Waals surface area contributed by atoms with Gasteiger partial charge in [0.25, 0.3) is 5.91 Å². The quantitative estimate of drug-likeness (QED) is 0.819. The minimum Gasteiger partial charge on any atom is -0.483 e. The summed E-state index contributed by atoms with van der Waals surface area (Å²) in [5.41, 5.74) is 1.03. The number of carbonyl (C=O) groups excluding carboxylic acids is 2. The van der Waals surface area contributed by atoms with E-state index in [1.165, 1.54) is 25.1 Å². The molecule has 2 aromatic carbocycles. The molecule has 4 nitrogen and oxygen atoms in total. The van der Waals surface area contributed by atoms with Gasteiger partial charge in [0.15, 0.2) is 12.4 Å². The molecule has 6 heteroatoms. The number of nitrogens with one attached hydrogen (secondary N) is 1. The van der Waals surface area contributed by atoms with Gasteiger partial charge in [0.05, 0.1) is 4.47 Å². The third-order valence-corrected chi connectivity index (χ3v) is 3.43. The molecule has 1 amide bonds. The molecule has 0 atom stereocenters. The molecule has 0 aliphatic rings. The number of anilines is 1. The summed E-state index contributed by atoms with van der Waals surface area (Å²) < 4.78 is 18.7. The number of ketones is 1. The fraction of sp³-hybridized carbons (Fsp3) is 0.125. The van der Waals surface area contributed by atoms with Crippen molar-refractivity contribution in [2.75, 3.05) is 11.9 Å². The second kappa shape index (κ2) is 7.17. The summed E-state index contributed by atoms with van der Waals surface area (Å²) in [5.74, 6) is -0.488. The minimum atomic E-state index is -0.398. The van der Waals surface area contributed by atoms with Gasteiger partial charge in [-0.05, 0) is 53.2 Å². The second-order valence-corrected chi connectivity index (χ2v) is 5.40. The van der Waals surface area contributed by atoms with E-state index < -0.39 is 5.82 Å². The molecule has 0 aromatic heterocycles. The second-order valence-electron chi connectivity index (χ2n) is 4.55. The third-order valence-electron chi connectivity index (χ3n) is 2.81. The fourth-order valence-corrected chi connectivity index (χ4v) is 2.21. The highest BCUT2D eigenvalue weighted by molar-refractivity contribution is 9.10. The summed E-state index contributed by atoms with van der Waals surface area (Å²) in [6.07, 6.45) is 0. The molecule has 0 bridgehead atoms. The van der Waals surface area contributed by atoms with Crippen LogP contribution in [0.15, 0.2) is 46.9 Å². The molecule has 114 valence electrons. The van der Waals surface area contributed by atoms with E-state index in [0.717, 1.165) is 0 Å². The van der Waals surface area contributed by atoms with E-state index in [4.69, 9.17) is 4.74 Å². The van der Waals surface area contributed by atoms with Crippen LogP contribution in [0, 0.1) is 5.82 Å². The number of benzene rings is 2. The van der Waals surface area contributed by atoms with Crippen LogP contribution in [-0.4, -0.2) is 18.3 Å². The van der Waals surface area contributed by atoms with Gasteiger partial charge in [-0.1, -0.05) is 12.1 Å². The zero-order chi connectivity index (χ0) is 16.1. The Bertz CT molecular complexity index is 718. The Morgan fingerprint density at radius 2 is 2.00 bits per heavy atom. The standard InChI is InChI=1S/C16H13BrFNO3/c1-10(20)11-3-2-4-13(7-11)19-16(21)9-22-15-6-5-12(18)8-14(15)17/h2-8H,9H2,1H3,(H,19,21). The Labute approximate surface area is 135 Å². The van der Waals surface area contributed by atoms with Crippen molar-refractivity contribution in [1.82, 2.24) is 0 Å². The summed E-state index contributed by atoms with van der Waals surface area (Å²) in [6.45, 7) is 1.23. The number of rotatable bonds is 5. The highest BCUT2D eigenvalue weighted by Gasteiger charge is 2.08. The largest absolute Gasteiger partial charge is 0.483 e. The molecular formula is C16H13BrFNO3. The lowest BCUT2D eigenvalue weighted by Crippen LogP contribution is -2.20. The predicted molar refractivity (Wildman–Crippen MR) is 84.7 cm³/mol. The van der Waals surface area contributed by atoms with Crippen LogP contribution in [0.2, 0.25) is 0 Å². The van der Waals surface area contributed by atoms with Gasteiger partial charge in [0, 0.05) is 11.3 Å². The monoisotopic (exact) mass is 365 g/mol. The number of carbonyl (C=O) groups is 2. The van der Waals surface area contributed by atoms with Crippen LogP contribution in [0.4, 0.5) is 10.1 Å². The molecule has 2 aromatic rings. The average molecular weight is 366 g/mol. The Morgan fingerprint density at radius 3 is 2.68 bits per heavy atom. The van der Waals surface area contributed by atoms with Crippen LogP contribution >= 0.6 is 15.9 Å². The Morgan fingerprint density at radius 1 is 1.23 bits per heavy atom. The number of hydrogen-bond donors (Lipinski definition) is 1. The lowest BCUT2D eigenvalue weighted by atomic mass is 10.1. The average Bonchev–Trinajstić information content (AvgIpc) is 2.46. The normalized spacial score (nSPS) is 10.1. The molecule has 1 N–H and O–H groups in total. The lowest BCUT2D eigenvalue weighted by molar-refractivity contribution is -0.118. The van der Waals surface area contributed by atoms with E-state index >= 15 is 0 Å². The third kappa shape index (κ3) is 4.39. The summed E-state index contributed by atoms with van der Waals surface area (Å²) >= 11 is 3.16. The van der Waals surface area contributed by atoms with Crippen molar-refractivity contribution in [2.45, 2.75) is 6.92 Å². The Kier molecular flexibility index (Phi) is 5.27. The zero-order valence-electron chi connectivity index (χ0n) is 11.7. The van der Waals surface area contributed by atoms with E-state index in [9.17, 15) is 14.0 Å². The maximum atomic E-state index is 12.9. The molecule has 22 heavy (non-hydrogen) atoms. The molecule has 0 saturated heterocycles. The van der Waals surface area contributed by atoms with Crippen molar-refractivity contribution < 1.29 is 18.7 Å².